The zero-order chi connectivity index (χ0) is 13.3. The van der Waals surface area contributed by atoms with Crippen LogP contribution >= 0.6 is 0 Å². The lowest BCUT2D eigenvalue weighted by Gasteiger charge is -1.96. The average molecular weight is 247 g/mol. The van der Waals surface area contributed by atoms with E-state index in [0.717, 1.165) is 0 Å². The fraction of sp³-hybridized carbons (Fsp3) is 0.0833. The second kappa shape index (κ2) is 4.33. The predicted octanol–water partition coefficient (Wildman–Crippen LogP) is 2.86. The number of hydrogen-bond donors (Lipinski definition) is 1. The van der Waals surface area contributed by atoms with Crippen molar-refractivity contribution in [1.82, 2.24) is 0 Å². The monoisotopic (exact) mass is 247 g/mol. The second-order valence-electron chi connectivity index (χ2n) is 3.69. The largest absolute Gasteiger partial charge is 0.478 e. The molecule has 0 amide bonds. The van der Waals surface area contributed by atoms with Crippen molar-refractivity contribution in [2.24, 2.45) is 0 Å². The van der Waals surface area contributed by atoms with E-state index in [1.165, 1.54) is 31.2 Å². The van der Waals surface area contributed by atoms with Crippen LogP contribution in [0.2, 0.25) is 0 Å². The Morgan fingerprint density at radius 1 is 1.39 bits per heavy atom. The minimum absolute atomic E-state index is 0.0523. The summed E-state index contributed by atoms with van der Waals surface area (Å²) in [5.74, 6) is -0.523. The summed E-state index contributed by atoms with van der Waals surface area (Å²) in [6, 6.07) is 7.20. The van der Waals surface area contributed by atoms with Crippen molar-refractivity contribution in [3.8, 4) is 11.3 Å². The Hall–Kier alpha value is -2.63. The molecule has 1 aromatic heterocycles. The number of hydrogen-bond acceptors (Lipinski definition) is 4. The van der Waals surface area contributed by atoms with Gasteiger partial charge in [-0.2, -0.15) is 0 Å². The number of carbonyl (C=O) groups is 1. The first-order valence-corrected chi connectivity index (χ1v) is 5.07. The van der Waals surface area contributed by atoms with Gasteiger partial charge in [0.1, 0.15) is 17.1 Å². The van der Waals surface area contributed by atoms with Crippen molar-refractivity contribution in [1.29, 1.82) is 0 Å². The van der Waals surface area contributed by atoms with Gasteiger partial charge in [0, 0.05) is 17.7 Å². The van der Waals surface area contributed by atoms with Crippen molar-refractivity contribution >= 4 is 11.7 Å². The first-order chi connectivity index (χ1) is 8.49. The zero-order valence-electron chi connectivity index (χ0n) is 9.41. The highest BCUT2D eigenvalue weighted by molar-refractivity contribution is 5.90. The average Bonchev–Trinajstić information content (AvgIpc) is 2.71. The summed E-state index contributed by atoms with van der Waals surface area (Å²) in [6.07, 6.45) is 0. The van der Waals surface area contributed by atoms with Gasteiger partial charge in [-0.3, -0.25) is 10.1 Å². The molecule has 1 aromatic carbocycles. The van der Waals surface area contributed by atoms with Crippen LogP contribution in [-0.2, 0) is 0 Å². The minimum atomic E-state index is -1.09. The molecule has 1 N–H and O–H groups in total. The lowest BCUT2D eigenvalue weighted by Crippen LogP contribution is -1.94. The predicted molar refractivity (Wildman–Crippen MR) is 62.5 cm³/mol. The maximum Gasteiger partial charge on any atom is 0.339 e. The van der Waals surface area contributed by atoms with Crippen LogP contribution in [0.15, 0.2) is 34.7 Å². The zero-order valence-corrected chi connectivity index (χ0v) is 9.41. The molecule has 0 saturated carbocycles. The fourth-order valence-electron chi connectivity index (χ4n) is 1.61. The van der Waals surface area contributed by atoms with Gasteiger partial charge in [-0.1, -0.05) is 12.1 Å². The van der Waals surface area contributed by atoms with Gasteiger partial charge in [0.2, 0.25) is 0 Å². The number of nitro groups is 1. The van der Waals surface area contributed by atoms with Crippen molar-refractivity contribution in [3.05, 3.63) is 51.8 Å². The summed E-state index contributed by atoms with van der Waals surface area (Å²) >= 11 is 0. The van der Waals surface area contributed by atoms with Gasteiger partial charge in [-0.25, -0.2) is 4.79 Å². The van der Waals surface area contributed by atoms with Crippen LogP contribution in [0, 0.1) is 17.0 Å². The van der Waals surface area contributed by atoms with E-state index in [1.807, 2.05) is 0 Å². The Morgan fingerprint density at radius 2 is 2.11 bits per heavy atom. The Kier molecular flexibility index (Phi) is 2.85. The topological polar surface area (TPSA) is 93.6 Å². The van der Waals surface area contributed by atoms with Gasteiger partial charge in [-0.15, -0.1) is 0 Å². The van der Waals surface area contributed by atoms with E-state index < -0.39 is 10.9 Å². The highest BCUT2D eigenvalue weighted by Gasteiger charge is 2.16. The van der Waals surface area contributed by atoms with Gasteiger partial charge in [0.05, 0.1) is 4.92 Å². The molecule has 0 atom stereocenters. The molecule has 0 spiro atoms. The number of carboxylic acids is 1. The number of non-ortho nitro benzene ring substituents is 1. The smallest absolute Gasteiger partial charge is 0.339 e. The molecule has 0 bridgehead atoms. The number of aromatic carboxylic acids is 1. The van der Waals surface area contributed by atoms with E-state index in [1.54, 1.807) is 6.07 Å². The van der Waals surface area contributed by atoms with Crippen LogP contribution in [0.3, 0.4) is 0 Å². The molecule has 6 nitrogen and oxygen atoms in total. The second-order valence-corrected chi connectivity index (χ2v) is 3.69. The number of aryl methyl sites for hydroxylation is 1. The molecule has 6 heteroatoms. The molecule has 1 heterocycles. The van der Waals surface area contributed by atoms with Gasteiger partial charge in [0.15, 0.2) is 0 Å². The van der Waals surface area contributed by atoms with Crippen molar-refractivity contribution in [2.75, 3.05) is 0 Å². The highest BCUT2D eigenvalue weighted by atomic mass is 16.6. The Labute approximate surface area is 102 Å². The molecule has 2 rings (SSSR count). The Balaban J connectivity index is 2.49. The van der Waals surface area contributed by atoms with Crippen molar-refractivity contribution < 1.29 is 19.2 Å². The lowest BCUT2D eigenvalue weighted by atomic mass is 10.1. The summed E-state index contributed by atoms with van der Waals surface area (Å²) in [5, 5.41) is 19.5. The summed E-state index contributed by atoms with van der Waals surface area (Å²) in [7, 11) is 0. The summed E-state index contributed by atoms with van der Waals surface area (Å²) in [6.45, 7) is 1.53. The molecule has 2 aromatic rings. The molecular weight excluding hydrogens is 238 g/mol. The Bertz CT molecular complexity index is 629. The van der Waals surface area contributed by atoms with Crippen molar-refractivity contribution in [2.45, 2.75) is 6.92 Å². The van der Waals surface area contributed by atoms with E-state index in [0.29, 0.717) is 11.3 Å². The normalized spacial score (nSPS) is 10.3. The quantitative estimate of drug-likeness (QED) is 0.664. The molecule has 92 valence electrons. The highest BCUT2D eigenvalue weighted by Crippen LogP contribution is 2.27. The molecule has 18 heavy (non-hydrogen) atoms. The third kappa shape index (κ3) is 2.08. The summed E-state index contributed by atoms with van der Waals surface area (Å²) < 4.78 is 5.29. The SMILES string of the molecule is Cc1oc(-c2cccc([N+](=O)[O-])c2)cc1C(=O)O. The molecule has 0 unspecified atom stereocenters. The van der Waals surface area contributed by atoms with Crippen LogP contribution in [-0.4, -0.2) is 16.0 Å². The molecule has 0 fully saturated rings. The van der Waals surface area contributed by atoms with E-state index in [4.69, 9.17) is 9.52 Å². The molecule has 0 radical (unpaired) electrons. The van der Waals surface area contributed by atoms with E-state index in [9.17, 15) is 14.9 Å². The van der Waals surface area contributed by atoms with E-state index >= 15 is 0 Å². The minimum Gasteiger partial charge on any atom is -0.478 e. The molecule has 0 saturated heterocycles. The van der Waals surface area contributed by atoms with Crippen LogP contribution in [0.5, 0.6) is 0 Å². The third-order valence-electron chi connectivity index (χ3n) is 2.49. The first-order valence-electron chi connectivity index (χ1n) is 5.07. The standard InChI is InChI=1S/C12H9NO5/c1-7-10(12(14)15)6-11(18-7)8-3-2-4-9(5-8)13(16)17/h2-6H,1H3,(H,14,15). The summed E-state index contributed by atoms with van der Waals surface area (Å²) in [4.78, 5) is 21.0. The lowest BCUT2D eigenvalue weighted by molar-refractivity contribution is -0.384. The summed E-state index contributed by atoms with van der Waals surface area (Å²) in [5.41, 5.74) is 0.453. The number of nitrogens with zero attached hydrogens (tertiary/aromatic N) is 1. The van der Waals surface area contributed by atoms with Gasteiger partial charge < -0.3 is 9.52 Å². The number of carboxylic acid groups (broad SMARTS) is 1. The van der Waals surface area contributed by atoms with Crippen LogP contribution in [0.25, 0.3) is 11.3 Å². The number of benzene rings is 1. The molecule has 0 aliphatic carbocycles. The van der Waals surface area contributed by atoms with Gasteiger partial charge in [-0.05, 0) is 13.0 Å². The molecular formula is C12H9NO5. The van der Waals surface area contributed by atoms with Crippen LogP contribution in [0.4, 0.5) is 5.69 Å². The Morgan fingerprint density at radius 3 is 2.67 bits per heavy atom. The molecule has 0 aliphatic heterocycles. The van der Waals surface area contributed by atoms with Crippen LogP contribution in [0.1, 0.15) is 16.1 Å². The number of rotatable bonds is 3. The van der Waals surface area contributed by atoms with Crippen LogP contribution < -0.4 is 0 Å². The van der Waals surface area contributed by atoms with Gasteiger partial charge >= 0.3 is 5.97 Å². The van der Waals surface area contributed by atoms with E-state index in [-0.39, 0.29) is 17.0 Å². The first kappa shape index (κ1) is 11.8. The van der Waals surface area contributed by atoms with E-state index in [2.05, 4.69) is 0 Å². The number of furan rings is 1. The maximum absolute atomic E-state index is 10.9. The molecule has 0 aliphatic rings. The fourth-order valence-corrected chi connectivity index (χ4v) is 1.61. The van der Waals surface area contributed by atoms with Crippen molar-refractivity contribution in [3.63, 3.8) is 0 Å². The number of nitro benzene ring substituents is 1. The van der Waals surface area contributed by atoms with Gasteiger partial charge in [0.25, 0.3) is 5.69 Å². The third-order valence-corrected chi connectivity index (χ3v) is 2.49. The maximum atomic E-state index is 10.9.